The lowest BCUT2D eigenvalue weighted by atomic mass is 9.92. The van der Waals surface area contributed by atoms with Crippen LogP contribution in [0.3, 0.4) is 0 Å². The molecule has 15 heavy (non-hydrogen) atoms. The van der Waals surface area contributed by atoms with Crippen molar-refractivity contribution < 1.29 is 4.79 Å². The largest absolute Gasteiger partial charge is 0.332 e. The van der Waals surface area contributed by atoms with E-state index in [4.69, 9.17) is 0 Å². The Hall–Kier alpha value is -0.380. The number of hydrogen-bond donors (Lipinski definition) is 2. The summed E-state index contributed by atoms with van der Waals surface area (Å²) in [5, 5.41) is 6.72. The molecule has 2 heterocycles. The van der Waals surface area contributed by atoms with Crippen LogP contribution in [0.15, 0.2) is 0 Å². The summed E-state index contributed by atoms with van der Waals surface area (Å²) in [6.07, 6.45) is 5.10. The molecule has 2 amide bonds. The lowest BCUT2D eigenvalue weighted by molar-refractivity contribution is 0.246. The molecular formula is C11H20N2OS. The molecule has 1 unspecified atom stereocenters. The molecule has 2 fully saturated rings. The van der Waals surface area contributed by atoms with E-state index < -0.39 is 0 Å². The summed E-state index contributed by atoms with van der Waals surface area (Å²) in [6, 6.07) is 0.357. The van der Waals surface area contributed by atoms with E-state index in [9.17, 15) is 4.79 Å². The van der Waals surface area contributed by atoms with Gasteiger partial charge in [-0.2, -0.15) is 11.8 Å². The number of unbranched alkanes of at least 4 members (excludes halogenated alkanes) is 2. The lowest BCUT2D eigenvalue weighted by Crippen LogP contribution is -2.47. The first-order valence-electron chi connectivity index (χ1n) is 5.86. The monoisotopic (exact) mass is 228 g/mol. The molecule has 2 N–H and O–H groups in total. The highest BCUT2D eigenvalue weighted by Crippen LogP contribution is 2.39. The first-order valence-corrected chi connectivity index (χ1v) is 6.91. The molecule has 0 radical (unpaired) electrons. The molecule has 2 aliphatic rings. The summed E-state index contributed by atoms with van der Waals surface area (Å²) in [6.45, 7) is 4.38. The lowest BCUT2D eigenvalue weighted by Gasteiger charge is -2.23. The minimum absolute atomic E-state index is 0.00136. The fraction of sp³-hybridized carbons (Fsp3) is 0.909. The molecule has 4 heteroatoms. The third-order valence-electron chi connectivity index (χ3n) is 3.43. The molecule has 0 aromatic rings. The van der Waals surface area contributed by atoms with Crippen molar-refractivity contribution >= 4 is 17.8 Å². The van der Waals surface area contributed by atoms with Gasteiger partial charge in [0.15, 0.2) is 0 Å². The Morgan fingerprint density at radius 3 is 3.07 bits per heavy atom. The second-order valence-electron chi connectivity index (χ2n) is 4.84. The standard InChI is InChI=1S/C11H20N2OS/c1-3-4-5-6-8-9-11(2,7-15-8)13-10(14)12-9/h8-9H,3-7H2,1-2H3,(H2,12,13,14)/t8?,9-,11+/m1/s1. The molecule has 0 aliphatic carbocycles. The van der Waals surface area contributed by atoms with Crippen LogP contribution in [0.25, 0.3) is 0 Å². The first kappa shape index (κ1) is 11.1. The number of amides is 2. The van der Waals surface area contributed by atoms with Crippen LogP contribution in [0.2, 0.25) is 0 Å². The van der Waals surface area contributed by atoms with E-state index in [-0.39, 0.29) is 11.6 Å². The fourth-order valence-corrected chi connectivity index (χ4v) is 4.23. The van der Waals surface area contributed by atoms with Gasteiger partial charge in [0, 0.05) is 11.0 Å². The van der Waals surface area contributed by atoms with Gasteiger partial charge in [-0.3, -0.25) is 0 Å². The topological polar surface area (TPSA) is 41.1 Å². The van der Waals surface area contributed by atoms with E-state index in [1.54, 1.807) is 0 Å². The van der Waals surface area contributed by atoms with Gasteiger partial charge in [-0.1, -0.05) is 26.2 Å². The van der Waals surface area contributed by atoms with Crippen LogP contribution in [0.1, 0.15) is 39.5 Å². The SMILES string of the molecule is CCCCCC1SC[C@]2(C)NC(=O)N[C@H]12. The second kappa shape index (κ2) is 4.24. The normalized spacial score (nSPS) is 38.7. The van der Waals surface area contributed by atoms with Crippen LogP contribution in [0.5, 0.6) is 0 Å². The summed E-state index contributed by atoms with van der Waals surface area (Å²) in [4.78, 5) is 11.3. The average molecular weight is 228 g/mol. The van der Waals surface area contributed by atoms with Crippen molar-refractivity contribution in [3.8, 4) is 0 Å². The maximum Gasteiger partial charge on any atom is 0.315 e. The van der Waals surface area contributed by atoms with Gasteiger partial charge in [0.2, 0.25) is 0 Å². The van der Waals surface area contributed by atoms with Gasteiger partial charge in [0.1, 0.15) is 0 Å². The van der Waals surface area contributed by atoms with Gasteiger partial charge in [-0.05, 0) is 13.3 Å². The number of thioether (sulfide) groups is 1. The Labute approximate surface area is 95.8 Å². The van der Waals surface area contributed by atoms with Crippen LogP contribution < -0.4 is 10.6 Å². The number of nitrogens with one attached hydrogen (secondary N) is 2. The van der Waals surface area contributed by atoms with Crippen LogP contribution in [0, 0.1) is 0 Å². The number of carbonyl (C=O) groups excluding carboxylic acids is 1. The van der Waals surface area contributed by atoms with E-state index in [0.717, 1.165) is 5.75 Å². The van der Waals surface area contributed by atoms with Gasteiger partial charge in [-0.25, -0.2) is 4.79 Å². The molecule has 2 rings (SSSR count). The molecule has 86 valence electrons. The maximum atomic E-state index is 11.3. The molecule has 0 bridgehead atoms. The zero-order valence-corrected chi connectivity index (χ0v) is 10.3. The van der Waals surface area contributed by atoms with Crippen LogP contribution in [-0.4, -0.2) is 28.6 Å². The molecule has 3 nitrogen and oxygen atoms in total. The summed E-state index contributed by atoms with van der Waals surface area (Å²) in [7, 11) is 0. The van der Waals surface area contributed by atoms with Gasteiger partial charge in [0.05, 0.1) is 11.6 Å². The first-order chi connectivity index (χ1) is 7.15. The third kappa shape index (κ3) is 2.10. The van der Waals surface area contributed by atoms with E-state index in [1.165, 1.54) is 25.7 Å². The van der Waals surface area contributed by atoms with Gasteiger partial charge in [0.25, 0.3) is 0 Å². The number of hydrogen-bond acceptors (Lipinski definition) is 2. The van der Waals surface area contributed by atoms with Crippen molar-refractivity contribution in [3.05, 3.63) is 0 Å². The Bertz CT molecular complexity index is 259. The zero-order valence-electron chi connectivity index (χ0n) is 9.51. The predicted octanol–water partition coefficient (Wildman–Crippen LogP) is 2.12. The Balaban J connectivity index is 1.90. The minimum Gasteiger partial charge on any atom is -0.332 e. The fourth-order valence-electron chi connectivity index (χ4n) is 2.52. The molecule has 0 saturated carbocycles. The van der Waals surface area contributed by atoms with Crippen molar-refractivity contribution in [1.29, 1.82) is 0 Å². The summed E-state index contributed by atoms with van der Waals surface area (Å²) in [5.41, 5.74) is -0.00136. The van der Waals surface area contributed by atoms with Crippen molar-refractivity contribution in [2.75, 3.05) is 5.75 Å². The van der Waals surface area contributed by atoms with Crippen LogP contribution in [-0.2, 0) is 0 Å². The highest BCUT2D eigenvalue weighted by Gasteiger charge is 2.51. The summed E-state index contributed by atoms with van der Waals surface area (Å²) >= 11 is 2.01. The van der Waals surface area contributed by atoms with Crippen molar-refractivity contribution in [1.82, 2.24) is 10.6 Å². The molecule has 0 aromatic carbocycles. The molecule has 3 atom stereocenters. The van der Waals surface area contributed by atoms with E-state index >= 15 is 0 Å². The quantitative estimate of drug-likeness (QED) is 0.571. The summed E-state index contributed by atoms with van der Waals surface area (Å²) < 4.78 is 0. The van der Waals surface area contributed by atoms with E-state index in [1.807, 2.05) is 11.8 Å². The van der Waals surface area contributed by atoms with E-state index in [2.05, 4.69) is 24.5 Å². The van der Waals surface area contributed by atoms with Crippen LogP contribution in [0.4, 0.5) is 4.79 Å². The van der Waals surface area contributed by atoms with Gasteiger partial charge in [-0.15, -0.1) is 0 Å². The summed E-state index contributed by atoms with van der Waals surface area (Å²) in [5.74, 6) is 1.05. The smallest absolute Gasteiger partial charge is 0.315 e. The number of urea groups is 1. The van der Waals surface area contributed by atoms with Crippen molar-refractivity contribution in [2.24, 2.45) is 0 Å². The van der Waals surface area contributed by atoms with Crippen molar-refractivity contribution in [3.63, 3.8) is 0 Å². The Morgan fingerprint density at radius 2 is 2.33 bits per heavy atom. The average Bonchev–Trinajstić information content (AvgIpc) is 2.61. The molecule has 0 spiro atoms. The van der Waals surface area contributed by atoms with Gasteiger partial charge >= 0.3 is 6.03 Å². The number of rotatable bonds is 4. The maximum absolute atomic E-state index is 11.3. The minimum atomic E-state index is -0.00136. The number of fused-ring (bicyclic) bond motifs is 1. The highest BCUT2D eigenvalue weighted by molar-refractivity contribution is 8.00. The van der Waals surface area contributed by atoms with Gasteiger partial charge < -0.3 is 10.6 Å². The van der Waals surface area contributed by atoms with Crippen LogP contribution >= 0.6 is 11.8 Å². The molecule has 2 aliphatic heterocycles. The highest BCUT2D eigenvalue weighted by atomic mass is 32.2. The number of carbonyl (C=O) groups is 1. The zero-order chi connectivity index (χ0) is 10.9. The Morgan fingerprint density at radius 1 is 1.53 bits per heavy atom. The predicted molar refractivity (Wildman–Crippen MR) is 64.2 cm³/mol. The second-order valence-corrected chi connectivity index (χ2v) is 6.07. The molecular weight excluding hydrogens is 208 g/mol. The van der Waals surface area contributed by atoms with Crippen molar-refractivity contribution in [2.45, 2.75) is 56.4 Å². The molecule has 0 aromatic heterocycles. The Kier molecular flexibility index (Phi) is 3.14. The third-order valence-corrected chi connectivity index (χ3v) is 5.14. The molecule has 2 saturated heterocycles. The van der Waals surface area contributed by atoms with E-state index in [0.29, 0.717) is 11.3 Å².